The van der Waals surface area contributed by atoms with Gasteiger partial charge < -0.3 is 9.88 Å². The Morgan fingerprint density at radius 2 is 1.32 bits per heavy atom. The number of benzene rings is 3. The molecule has 134 valence electrons. The topological polar surface area (TPSA) is 42.7 Å². The number of nitrogens with zero attached hydrogens (tertiary/aromatic N) is 3. The summed E-state index contributed by atoms with van der Waals surface area (Å²) in [5.41, 5.74) is 5.16. The lowest BCUT2D eigenvalue weighted by Crippen LogP contribution is -1.98. The van der Waals surface area contributed by atoms with Crippen molar-refractivity contribution >= 4 is 22.5 Å². The number of fused-ring (bicyclic) bond motifs is 1. The Balaban J connectivity index is 1.77. The number of rotatable bonds is 4. The minimum absolute atomic E-state index is 0.796. The molecule has 4 heteroatoms. The minimum Gasteiger partial charge on any atom is -0.340 e. The van der Waals surface area contributed by atoms with Crippen molar-refractivity contribution in [2.45, 2.75) is 0 Å². The third kappa shape index (κ3) is 2.91. The van der Waals surface area contributed by atoms with Gasteiger partial charge in [0.2, 0.25) is 0 Å². The molecule has 0 fully saturated rings. The van der Waals surface area contributed by atoms with E-state index < -0.39 is 0 Å². The van der Waals surface area contributed by atoms with Crippen LogP contribution < -0.4 is 5.32 Å². The standard InChI is InChI=1S/C24H18N4/c1-4-10-18(11-5-1)21-16-28(20-14-8-3-9-15-20)24-22(21)23(25-17-26-24)27-19-12-6-2-7-13-19/h1-17H,(H,25,26,27). The van der Waals surface area contributed by atoms with Crippen LogP contribution >= 0.6 is 0 Å². The number of hydrogen-bond acceptors (Lipinski definition) is 3. The molecule has 3 aromatic carbocycles. The molecule has 2 heterocycles. The highest BCUT2D eigenvalue weighted by Gasteiger charge is 2.17. The molecule has 0 radical (unpaired) electrons. The first-order valence-electron chi connectivity index (χ1n) is 9.19. The summed E-state index contributed by atoms with van der Waals surface area (Å²) in [7, 11) is 0. The molecule has 0 aliphatic rings. The van der Waals surface area contributed by atoms with Gasteiger partial charge >= 0.3 is 0 Å². The number of nitrogens with one attached hydrogen (secondary N) is 1. The van der Waals surface area contributed by atoms with Crippen molar-refractivity contribution in [1.29, 1.82) is 0 Å². The summed E-state index contributed by atoms with van der Waals surface area (Å²) in [4.78, 5) is 9.18. The van der Waals surface area contributed by atoms with E-state index >= 15 is 0 Å². The monoisotopic (exact) mass is 362 g/mol. The van der Waals surface area contributed by atoms with Gasteiger partial charge in [0.15, 0.2) is 5.65 Å². The molecule has 5 rings (SSSR count). The van der Waals surface area contributed by atoms with Crippen molar-refractivity contribution in [1.82, 2.24) is 14.5 Å². The van der Waals surface area contributed by atoms with E-state index in [0.717, 1.165) is 39.4 Å². The lowest BCUT2D eigenvalue weighted by molar-refractivity contribution is 1.08. The van der Waals surface area contributed by atoms with Crippen LogP contribution in [0, 0.1) is 0 Å². The van der Waals surface area contributed by atoms with Gasteiger partial charge in [0.1, 0.15) is 12.1 Å². The van der Waals surface area contributed by atoms with E-state index in [2.05, 4.69) is 62.4 Å². The Bertz CT molecular complexity index is 1210. The Morgan fingerprint density at radius 3 is 2.04 bits per heavy atom. The Hall–Kier alpha value is -3.92. The molecule has 28 heavy (non-hydrogen) atoms. The van der Waals surface area contributed by atoms with Crippen molar-refractivity contribution in [3.63, 3.8) is 0 Å². The molecular weight excluding hydrogens is 344 g/mol. The van der Waals surface area contributed by atoms with Crippen LogP contribution in [-0.2, 0) is 0 Å². The second kappa shape index (κ2) is 7.00. The largest absolute Gasteiger partial charge is 0.340 e. The van der Waals surface area contributed by atoms with Crippen LogP contribution in [0.2, 0.25) is 0 Å². The van der Waals surface area contributed by atoms with Crippen molar-refractivity contribution in [2.24, 2.45) is 0 Å². The maximum atomic E-state index is 4.62. The summed E-state index contributed by atoms with van der Waals surface area (Å²) in [5.74, 6) is 0.796. The number of aromatic nitrogens is 3. The van der Waals surface area contributed by atoms with Crippen LogP contribution in [0.1, 0.15) is 0 Å². The maximum Gasteiger partial charge on any atom is 0.150 e. The molecule has 2 aromatic heterocycles. The zero-order chi connectivity index (χ0) is 18.8. The fraction of sp³-hybridized carbons (Fsp3) is 0. The van der Waals surface area contributed by atoms with Crippen LogP contribution in [0.25, 0.3) is 27.8 Å². The summed E-state index contributed by atoms with van der Waals surface area (Å²) in [6.45, 7) is 0. The first-order chi connectivity index (χ1) is 13.9. The molecule has 0 bridgehead atoms. The molecule has 0 spiro atoms. The van der Waals surface area contributed by atoms with Crippen LogP contribution in [0.4, 0.5) is 11.5 Å². The van der Waals surface area contributed by atoms with Gasteiger partial charge in [-0.2, -0.15) is 0 Å². The van der Waals surface area contributed by atoms with E-state index in [-0.39, 0.29) is 0 Å². The highest BCUT2D eigenvalue weighted by molar-refractivity contribution is 6.02. The SMILES string of the molecule is c1ccc(Nc2ncnc3c2c(-c2ccccc2)cn3-c2ccccc2)cc1. The van der Waals surface area contributed by atoms with Crippen molar-refractivity contribution < 1.29 is 0 Å². The molecular formula is C24H18N4. The highest BCUT2D eigenvalue weighted by Crippen LogP contribution is 2.36. The van der Waals surface area contributed by atoms with E-state index in [4.69, 9.17) is 0 Å². The molecule has 0 aliphatic carbocycles. The summed E-state index contributed by atoms with van der Waals surface area (Å²) < 4.78 is 2.12. The zero-order valence-corrected chi connectivity index (χ0v) is 15.2. The second-order valence-electron chi connectivity index (χ2n) is 6.53. The van der Waals surface area contributed by atoms with Crippen LogP contribution in [0.3, 0.4) is 0 Å². The minimum atomic E-state index is 0.796. The quantitative estimate of drug-likeness (QED) is 0.437. The third-order valence-corrected chi connectivity index (χ3v) is 4.74. The first-order valence-corrected chi connectivity index (χ1v) is 9.19. The first kappa shape index (κ1) is 16.3. The lowest BCUT2D eigenvalue weighted by Gasteiger charge is -2.09. The molecule has 0 saturated heterocycles. The fourth-order valence-electron chi connectivity index (χ4n) is 3.44. The average molecular weight is 362 g/mol. The Morgan fingerprint density at radius 1 is 0.679 bits per heavy atom. The molecule has 4 nitrogen and oxygen atoms in total. The van der Waals surface area contributed by atoms with E-state index in [1.807, 2.05) is 54.6 Å². The molecule has 1 N–H and O–H groups in total. The smallest absolute Gasteiger partial charge is 0.150 e. The predicted octanol–water partition coefficient (Wildman–Crippen LogP) is 5.83. The van der Waals surface area contributed by atoms with Gasteiger partial charge in [-0.1, -0.05) is 66.7 Å². The Labute approximate surface area is 163 Å². The lowest BCUT2D eigenvalue weighted by atomic mass is 10.1. The maximum absolute atomic E-state index is 4.62. The number of para-hydroxylation sites is 2. The highest BCUT2D eigenvalue weighted by atomic mass is 15.1. The van der Waals surface area contributed by atoms with Gasteiger partial charge in [-0.05, 0) is 29.8 Å². The average Bonchev–Trinajstić information content (AvgIpc) is 3.17. The summed E-state index contributed by atoms with van der Waals surface area (Å²) in [6, 6.07) is 30.7. The molecule has 0 atom stereocenters. The zero-order valence-electron chi connectivity index (χ0n) is 15.2. The molecule has 5 aromatic rings. The van der Waals surface area contributed by atoms with Crippen molar-refractivity contribution in [3.8, 4) is 16.8 Å². The summed E-state index contributed by atoms with van der Waals surface area (Å²) in [6.07, 6.45) is 3.75. The summed E-state index contributed by atoms with van der Waals surface area (Å²) >= 11 is 0. The van der Waals surface area contributed by atoms with E-state index in [1.165, 1.54) is 0 Å². The van der Waals surface area contributed by atoms with E-state index in [1.54, 1.807) is 6.33 Å². The molecule has 0 unspecified atom stereocenters. The van der Waals surface area contributed by atoms with Gasteiger partial charge in [0.25, 0.3) is 0 Å². The van der Waals surface area contributed by atoms with Crippen LogP contribution in [0.5, 0.6) is 0 Å². The molecule has 0 aliphatic heterocycles. The van der Waals surface area contributed by atoms with Gasteiger partial charge in [-0.25, -0.2) is 9.97 Å². The predicted molar refractivity (Wildman–Crippen MR) is 114 cm³/mol. The van der Waals surface area contributed by atoms with E-state index in [0.29, 0.717) is 0 Å². The van der Waals surface area contributed by atoms with Gasteiger partial charge in [-0.3, -0.25) is 0 Å². The van der Waals surface area contributed by atoms with Gasteiger partial charge in [-0.15, -0.1) is 0 Å². The number of hydrogen-bond donors (Lipinski definition) is 1. The summed E-state index contributed by atoms with van der Waals surface area (Å²) in [5, 5.41) is 4.46. The van der Waals surface area contributed by atoms with Crippen LogP contribution in [0.15, 0.2) is 104 Å². The number of anilines is 2. The normalized spacial score (nSPS) is 10.9. The van der Waals surface area contributed by atoms with Gasteiger partial charge in [0, 0.05) is 23.1 Å². The van der Waals surface area contributed by atoms with E-state index in [9.17, 15) is 0 Å². The fourth-order valence-corrected chi connectivity index (χ4v) is 3.44. The van der Waals surface area contributed by atoms with Gasteiger partial charge in [0.05, 0.1) is 5.39 Å². The Kier molecular flexibility index (Phi) is 4.07. The second-order valence-corrected chi connectivity index (χ2v) is 6.53. The third-order valence-electron chi connectivity index (χ3n) is 4.74. The van der Waals surface area contributed by atoms with Crippen molar-refractivity contribution in [3.05, 3.63) is 104 Å². The van der Waals surface area contributed by atoms with Crippen molar-refractivity contribution in [2.75, 3.05) is 5.32 Å². The van der Waals surface area contributed by atoms with Crippen LogP contribution in [-0.4, -0.2) is 14.5 Å². The molecule has 0 amide bonds. The molecule has 0 saturated carbocycles.